The first-order chi connectivity index (χ1) is 15.5. The molecule has 0 amide bonds. The van der Waals surface area contributed by atoms with Gasteiger partial charge in [0.2, 0.25) is 0 Å². The van der Waals surface area contributed by atoms with Crippen LogP contribution in [0.1, 0.15) is 41.3 Å². The van der Waals surface area contributed by atoms with Crippen molar-refractivity contribution in [2.75, 3.05) is 19.0 Å². The lowest BCUT2D eigenvalue weighted by Crippen LogP contribution is -2.31. The van der Waals surface area contributed by atoms with E-state index < -0.39 is 0 Å². The van der Waals surface area contributed by atoms with E-state index in [1.807, 2.05) is 61.9 Å². The van der Waals surface area contributed by atoms with Crippen molar-refractivity contribution in [3.8, 4) is 5.75 Å². The predicted molar refractivity (Wildman–Crippen MR) is 127 cm³/mol. The minimum atomic E-state index is -0.122. The highest BCUT2D eigenvalue weighted by molar-refractivity contribution is 5.63. The van der Waals surface area contributed by atoms with Crippen LogP contribution in [-0.4, -0.2) is 23.3 Å². The number of rotatable bonds is 9. The average Bonchev–Trinajstić information content (AvgIpc) is 3.62. The zero-order valence-electron chi connectivity index (χ0n) is 19.2. The number of nitrogens with one attached hydrogen (secondary N) is 1. The zero-order valence-corrected chi connectivity index (χ0v) is 19.2. The fourth-order valence-corrected chi connectivity index (χ4v) is 4.03. The molecule has 1 aliphatic rings. The molecule has 0 unspecified atom stereocenters. The van der Waals surface area contributed by atoms with Crippen LogP contribution in [-0.2, 0) is 11.3 Å². The van der Waals surface area contributed by atoms with Crippen molar-refractivity contribution in [3.05, 3.63) is 81.4 Å². The Morgan fingerprint density at radius 1 is 1.12 bits per heavy atom. The zero-order chi connectivity index (χ0) is 22.7. The number of nitrogens with zero attached hydrogens (tertiary/aromatic N) is 2. The highest BCUT2D eigenvalue weighted by atomic mass is 16.5. The summed E-state index contributed by atoms with van der Waals surface area (Å²) in [5.74, 6) is 1.63. The van der Waals surface area contributed by atoms with E-state index in [0.717, 1.165) is 46.7 Å². The standard InChI is InChI=1S/C26H31N3O3/c1-17-13-24(31-4)18(2)12-22(17)28-25-26(30)29(14-19(3)27-25)23(21-10-11-21)16-32-15-20-8-6-5-7-9-20/h5-9,12-14,21,23H,10-11,15-16H2,1-4H3,(H,27,28)/t23-/m0/s1. The van der Waals surface area contributed by atoms with Gasteiger partial charge in [0.05, 0.1) is 32.1 Å². The molecule has 0 radical (unpaired) electrons. The van der Waals surface area contributed by atoms with Gasteiger partial charge in [0.25, 0.3) is 5.56 Å². The fraction of sp³-hybridized carbons (Fsp3) is 0.385. The number of methoxy groups -OCH3 is 1. The third-order valence-corrected chi connectivity index (χ3v) is 5.97. The number of ether oxygens (including phenoxy) is 2. The van der Waals surface area contributed by atoms with Gasteiger partial charge in [0, 0.05) is 11.9 Å². The summed E-state index contributed by atoms with van der Waals surface area (Å²) in [6.45, 7) is 6.94. The Bertz CT molecular complexity index is 1140. The van der Waals surface area contributed by atoms with Gasteiger partial charge in [-0.1, -0.05) is 30.3 Å². The van der Waals surface area contributed by atoms with Crippen molar-refractivity contribution in [2.45, 2.75) is 46.3 Å². The summed E-state index contributed by atoms with van der Waals surface area (Å²) in [6, 6.07) is 14.1. The third kappa shape index (κ3) is 5.02. The molecule has 6 heteroatoms. The van der Waals surface area contributed by atoms with Gasteiger partial charge >= 0.3 is 0 Å². The molecular formula is C26H31N3O3. The first-order valence-electron chi connectivity index (χ1n) is 11.1. The Balaban J connectivity index is 1.58. The highest BCUT2D eigenvalue weighted by Crippen LogP contribution is 2.39. The van der Waals surface area contributed by atoms with E-state index in [1.54, 1.807) is 7.11 Å². The van der Waals surface area contributed by atoms with Crippen LogP contribution in [0.15, 0.2) is 53.5 Å². The second-order valence-corrected chi connectivity index (χ2v) is 8.61. The quantitative estimate of drug-likeness (QED) is 0.509. The minimum Gasteiger partial charge on any atom is -0.496 e. The van der Waals surface area contributed by atoms with Gasteiger partial charge < -0.3 is 19.4 Å². The highest BCUT2D eigenvalue weighted by Gasteiger charge is 2.34. The Labute approximate surface area is 189 Å². The topological polar surface area (TPSA) is 65.4 Å². The van der Waals surface area contributed by atoms with Crippen molar-refractivity contribution in [1.82, 2.24) is 9.55 Å². The summed E-state index contributed by atoms with van der Waals surface area (Å²) in [7, 11) is 1.66. The van der Waals surface area contributed by atoms with Gasteiger partial charge in [0.1, 0.15) is 5.75 Å². The van der Waals surface area contributed by atoms with Crippen molar-refractivity contribution in [2.24, 2.45) is 5.92 Å². The molecule has 0 aliphatic heterocycles. The summed E-state index contributed by atoms with van der Waals surface area (Å²) in [5.41, 5.74) is 4.65. The Kier molecular flexibility index (Phi) is 6.61. The maximum Gasteiger partial charge on any atom is 0.294 e. The first kappa shape index (κ1) is 22.1. The van der Waals surface area contributed by atoms with Crippen LogP contribution in [0.25, 0.3) is 0 Å². The average molecular weight is 434 g/mol. The van der Waals surface area contributed by atoms with E-state index in [0.29, 0.717) is 24.9 Å². The molecular weight excluding hydrogens is 402 g/mol. The molecule has 0 saturated heterocycles. The summed E-state index contributed by atoms with van der Waals surface area (Å²) in [4.78, 5) is 17.9. The van der Waals surface area contributed by atoms with Crippen molar-refractivity contribution >= 4 is 11.5 Å². The summed E-state index contributed by atoms with van der Waals surface area (Å²) >= 11 is 0. The van der Waals surface area contributed by atoms with E-state index in [9.17, 15) is 4.79 Å². The largest absolute Gasteiger partial charge is 0.496 e. The molecule has 1 atom stereocenters. The molecule has 3 aromatic rings. The number of aromatic nitrogens is 2. The second-order valence-electron chi connectivity index (χ2n) is 8.61. The Morgan fingerprint density at radius 2 is 1.88 bits per heavy atom. The van der Waals surface area contributed by atoms with Crippen molar-refractivity contribution in [3.63, 3.8) is 0 Å². The number of benzene rings is 2. The van der Waals surface area contributed by atoms with Crippen LogP contribution in [0.2, 0.25) is 0 Å². The molecule has 0 spiro atoms. The number of hydrogen-bond donors (Lipinski definition) is 1. The molecule has 32 heavy (non-hydrogen) atoms. The monoisotopic (exact) mass is 433 g/mol. The summed E-state index contributed by atoms with van der Waals surface area (Å²) in [6.07, 6.45) is 4.09. The summed E-state index contributed by atoms with van der Waals surface area (Å²) < 4.78 is 13.3. The molecule has 4 rings (SSSR count). The Hall–Kier alpha value is -3.12. The number of aryl methyl sites for hydroxylation is 3. The van der Waals surface area contributed by atoms with Gasteiger partial charge in [-0.25, -0.2) is 4.98 Å². The van der Waals surface area contributed by atoms with Crippen LogP contribution < -0.4 is 15.6 Å². The molecule has 6 nitrogen and oxygen atoms in total. The van der Waals surface area contributed by atoms with Crippen molar-refractivity contribution < 1.29 is 9.47 Å². The van der Waals surface area contributed by atoms with Gasteiger partial charge in [0.15, 0.2) is 5.82 Å². The second kappa shape index (κ2) is 9.57. The molecule has 2 aromatic carbocycles. The number of hydrogen-bond acceptors (Lipinski definition) is 5. The maximum atomic E-state index is 13.4. The molecule has 0 bridgehead atoms. The number of anilines is 2. The van der Waals surface area contributed by atoms with Gasteiger partial charge in [-0.15, -0.1) is 0 Å². The van der Waals surface area contributed by atoms with E-state index in [2.05, 4.69) is 22.4 Å². The van der Waals surface area contributed by atoms with Gasteiger partial charge in [-0.05, 0) is 68.4 Å². The SMILES string of the molecule is COc1cc(C)c(Nc2nc(C)cn([C@@H](COCc3ccccc3)C3CC3)c2=O)cc1C. The fourth-order valence-electron chi connectivity index (χ4n) is 4.03. The predicted octanol–water partition coefficient (Wildman–Crippen LogP) is 5.09. The lowest BCUT2D eigenvalue weighted by molar-refractivity contribution is 0.0820. The lowest BCUT2D eigenvalue weighted by atomic mass is 10.1. The Morgan fingerprint density at radius 3 is 2.56 bits per heavy atom. The van der Waals surface area contributed by atoms with Crippen LogP contribution in [0.4, 0.5) is 11.5 Å². The molecule has 1 heterocycles. The van der Waals surface area contributed by atoms with E-state index >= 15 is 0 Å². The molecule has 1 aromatic heterocycles. The van der Waals surface area contributed by atoms with E-state index in [4.69, 9.17) is 9.47 Å². The van der Waals surface area contributed by atoms with E-state index in [-0.39, 0.29) is 11.6 Å². The molecule has 1 fully saturated rings. The molecule has 168 valence electrons. The van der Waals surface area contributed by atoms with Crippen LogP contribution in [0, 0.1) is 26.7 Å². The van der Waals surface area contributed by atoms with Crippen LogP contribution >= 0.6 is 0 Å². The minimum absolute atomic E-state index is 0.00663. The molecule has 1 N–H and O–H groups in total. The van der Waals surface area contributed by atoms with E-state index in [1.165, 1.54) is 0 Å². The van der Waals surface area contributed by atoms with Crippen molar-refractivity contribution in [1.29, 1.82) is 0 Å². The third-order valence-electron chi connectivity index (χ3n) is 5.97. The first-order valence-corrected chi connectivity index (χ1v) is 11.1. The van der Waals surface area contributed by atoms with Gasteiger partial charge in [-0.2, -0.15) is 0 Å². The summed E-state index contributed by atoms with van der Waals surface area (Å²) in [5, 5.41) is 3.27. The smallest absolute Gasteiger partial charge is 0.294 e. The molecule has 1 saturated carbocycles. The van der Waals surface area contributed by atoms with Gasteiger partial charge in [-0.3, -0.25) is 4.79 Å². The lowest BCUT2D eigenvalue weighted by Gasteiger charge is -2.21. The normalized spacial score (nSPS) is 14.2. The van der Waals surface area contributed by atoms with Crippen LogP contribution in [0.5, 0.6) is 5.75 Å². The van der Waals surface area contributed by atoms with Crippen LogP contribution in [0.3, 0.4) is 0 Å². The molecule has 1 aliphatic carbocycles. The maximum absolute atomic E-state index is 13.4.